The number of anilines is 2. The molecule has 1 N–H and O–H groups in total. The summed E-state index contributed by atoms with van der Waals surface area (Å²) in [7, 11) is 3.26. The largest absolute Gasteiger partial charge is 0.497 e. The second-order valence-electron chi connectivity index (χ2n) is 4.85. The van der Waals surface area contributed by atoms with Gasteiger partial charge in [-0.15, -0.1) is 0 Å². The molecule has 0 spiro atoms. The van der Waals surface area contributed by atoms with Gasteiger partial charge in [0.2, 0.25) is 0 Å². The molecule has 0 radical (unpaired) electrons. The van der Waals surface area contributed by atoms with Gasteiger partial charge in [-0.25, -0.2) is 9.97 Å². The van der Waals surface area contributed by atoms with E-state index in [-0.39, 0.29) is 0 Å². The molecular weight excluding hydrogens is 290 g/mol. The van der Waals surface area contributed by atoms with Crippen LogP contribution in [0.2, 0.25) is 0 Å². The molecule has 0 amide bonds. The monoisotopic (exact) mass is 307 g/mol. The van der Waals surface area contributed by atoms with Crippen LogP contribution in [-0.4, -0.2) is 24.2 Å². The van der Waals surface area contributed by atoms with Crippen molar-refractivity contribution in [1.29, 1.82) is 0 Å². The normalized spacial score (nSPS) is 10.2. The molecule has 0 bridgehead atoms. The maximum Gasteiger partial charge on any atom is 0.142 e. The van der Waals surface area contributed by atoms with Gasteiger partial charge < -0.3 is 14.8 Å². The van der Waals surface area contributed by atoms with Crippen LogP contribution in [-0.2, 0) is 0 Å². The Morgan fingerprint density at radius 1 is 0.870 bits per heavy atom. The van der Waals surface area contributed by atoms with Gasteiger partial charge in [0.05, 0.1) is 25.6 Å². The summed E-state index contributed by atoms with van der Waals surface area (Å²) in [6.45, 7) is 0. The minimum Gasteiger partial charge on any atom is -0.497 e. The lowest BCUT2D eigenvalue weighted by molar-refractivity contribution is 0.405. The van der Waals surface area contributed by atoms with E-state index in [1.807, 2.05) is 54.6 Å². The molecule has 2 aromatic carbocycles. The molecule has 0 saturated carbocycles. The lowest BCUT2D eigenvalue weighted by Crippen LogP contribution is -1.98. The van der Waals surface area contributed by atoms with E-state index in [0.29, 0.717) is 11.6 Å². The van der Waals surface area contributed by atoms with Crippen LogP contribution < -0.4 is 14.8 Å². The Morgan fingerprint density at radius 2 is 1.70 bits per heavy atom. The van der Waals surface area contributed by atoms with Gasteiger partial charge in [0.15, 0.2) is 0 Å². The van der Waals surface area contributed by atoms with Gasteiger partial charge in [0, 0.05) is 17.7 Å². The lowest BCUT2D eigenvalue weighted by Gasteiger charge is -2.12. The SMILES string of the molecule is COc1ccc(OC)c(Nc2cc(-c3ccccc3)ncn2)c1. The van der Waals surface area contributed by atoms with Gasteiger partial charge in [-0.3, -0.25) is 0 Å². The van der Waals surface area contributed by atoms with Gasteiger partial charge in [-0.1, -0.05) is 30.3 Å². The maximum absolute atomic E-state index is 5.37. The number of benzene rings is 2. The van der Waals surface area contributed by atoms with Crippen LogP contribution in [0.1, 0.15) is 0 Å². The van der Waals surface area contributed by atoms with Crippen LogP contribution in [0.25, 0.3) is 11.3 Å². The van der Waals surface area contributed by atoms with Crippen molar-refractivity contribution in [3.8, 4) is 22.8 Å². The van der Waals surface area contributed by atoms with Crippen molar-refractivity contribution in [2.24, 2.45) is 0 Å². The molecule has 3 rings (SSSR count). The highest BCUT2D eigenvalue weighted by Crippen LogP contribution is 2.31. The van der Waals surface area contributed by atoms with Crippen molar-refractivity contribution < 1.29 is 9.47 Å². The zero-order valence-electron chi connectivity index (χ0n) is 13.0. The van der Waals surface area contributed by atoms with Crippen LogP contribution >= 0.6 is 0 Å². The molecule has 5 nitrogen and oxygen atoms in total. The van der Waals surface area contributed by atoms with Gasteiger partial charge in [-0.2, -0.15) is 0 Å². The number of methoxy groups -OCH3 is 2. The first-order chi connectivity index (χ1) is 11.3. The molecule has 3 aromatic rings. The van der Waals surface area contributed by atoms with Crippen molar-refractivity contribution >= 4 is 11.5 Å². The van der Waals surface area contributed by atoms with Gasteiger partial charge in [0.1, 0.15) is 23.6 Å². The zero-order chi connectivity index (χ0) is 16.1. The Morgan fingerprint density at radius 3 is 2.43 bits per heavy atom. The fraction of sp³-hybridized carbons (Fsp3) is 0.111. The summed E-state index contributed by atoms with van der Waals surface area (Å²) >= 11 is 0. The number of nitrogens with zero attached hydrogens (tertiary/aromatic N) is 2. The lowest BCUT2D eigenvalue weighted by atomic mass is 10.1. The van der Waals surface area contributed by atoms with Crippen molar-refractivity contribution in [2.45, 2.75) is 0 Å². The van der Waals surface area contributed by atoms with E-state index in [2.05, 4.69) is 15.3 Å². The average molecular weight is 307 g/mol. The van der Waals surface area contributed by atoms with Crippen molar-refractivity contribution in [1.82, 2.24) is 9.97 Å². The van der Waals surface area contributed by atoms with Gasteiger partial charge >= 0.3 is 0 Å². The Hall–Kier alpha value is -3.08. The summed E-state index contributed by atoms with van der Waals surface area (Å²) in [5, 5.41) is 3.25. The van der Waals surface area contributed by atoms with E-state index in [0.717, 1.165) is 22.7 Å². The number of rotatable bonds is 5. The van der Waals surface area contributed by atoms with Crippen molar-refractivity contribution in [2.75, 3.05) is 19.5 Å². The Kier molecular flexibility index (Phi) is 4.38. The molecule has 0 atom stereocenters. The molecule has 1 heterocycles. The van der Waals surface area contributed by atoms with Crippen LogP contribution in [0.15, 0.2) is 60.9 Å². The Labute approximate surface area is 134 Å². The quantitative estimate of drug-likeness (QED) is 0.774. The fourth-order valence-corrected chi connectivity index (χ4v) is 2.24. The maximum atomic E-state index is 5.37. The highest BCUT2D eigenvalue weighted by molar-refractivity contribution is 5.69. The van der Waals surface area contributed by atoms with E-state index in [1.165, 1.54) is 6.33 Å². The Bertz CT molecular complexity index is 791. The summed E-state index contributed by atoms with van der Waals surface area (Å²) in [6.07, 6.45) is 1.54. The minimum absolute atomic E-state index is 0.686. The molecule has 0 aliphatic heterocycles. The van der Waals surface area contributed by atoms with Crippen LogP contribution in [0, 0.1) is 0 Å². The standard InChI is InChI=1S/C18H17N3O2/c1-22-14-8-9-17(23-2)16(10-14)21-18-11-15(19-12-20-18)13-6-4-3-5-7-13/h3-12H,1-2H3,(H,19,20,21). The molecule has 0 aliphatic carbocycles. The van der Waals surface area contributed by atoms with E-state index in [1.54, 1.807) is 14.2 Å². The second-order valence-corrected chi connectivity index (χ2v) is 4.85. The van der Waals surface area contributed by atoms with Gasteiger partial charge in [-0.05, 0) is 12.1 Å². The number of ether oxygens (including phenoxy) is 2. The van der Waals surface area contributed by atoms with Crippen LogP contribution in [0.5, 0.6) is 11.5 Å². The fourth-order valence-electron chi connectivity index (χ4n) is 2.24. The second kappa shape index (κ2) is 6.79. The number of nitrogens with one attached hydrogen (secondary N) is 1. The highest BCUT2D eigenvalue weighted by atomic mass is 16.5. The molecule has 0 aliphatic rings. The topological polar surface area (TPSA) is 56.3 Å². The summed E-state index contributed by atoms with van der Waals surface area (Å²) < 4.78 is 10.6. The molecule has 1 aromatic heterocycles. The third-order valence-electron chi connectivity index (χ3n) is 3.41. The summed E-state index contributed by atoms with van der Waals surface area (Å²) in [4.78, 5) is 8.59. The first-order valence-corrected chi connectivity index (χ1v) is 7.16. The Balaban J connectivity index is 1.92. The predicted molar refractivity (Wildman–Crippen MR) is 90.3 cm³/mol. The first kappa shape index (κ1) is 14.8. The molecule has 116 valence electrons. The summed E-state index contributed by atoms with van der Waals surface area (Å²) in [5.74, 6) is 2.14. The smallest absolute Gasteiger partial charge is 0.142 e. The first-order valence-electron chi connectivity index (χ1n) is 7.16. The third kappa shape index (κ3) is 3.40. The van der Waals surface area contributed by atoms with Crippen LogP contribution in [0.3, 0.4) is 0 Å². The summed E-state index contributed by atoms with van der Waals surface area (Å²) in [5.41, 5.74) is 2.67. The van der Waals surface area contributed by atoms with Crippen molar-refractivity contribution in [3.63, 3.8) is 0 Å². The minimum atomic E-state index is 0.686. The van der Waals surface area contributed by atoms with E-state index < -0.39 is 0 Å². The number of aromatic nitrogens is 2. The van der Waals surface area contributed by atoms with E-state index in [4.69, 9.17) is 9.47 Å². The number of hydrogen-bond acceptors (Lipinski definition) is 5. The molecule has 23 heavy (non-hydrogen) atoms. The van der Waals surface area contributed by atoms with Crippen molar-refractivity contribution in [3.05, 3.63) is 60.9 Å². The summed E-state index contributed by atoms with van der Waals surface area (Å²) in [6, 6.07) is 17.4. The average Bonchev–Trinajstić information content (AvgIpc) is 2.62. The third-order valence-corrected chi connectivity index (χ3v) is 3.41. The van der Waals surface area contributed by atoms with E-state index in [9.17, 15) is 0 Å². The molecule has 0 fully saturated rings. The van der Waals surface area contributed by atoms with Crippen LogP contribution in [0.4, 0.5) is 11.5 Å². The zero-order valence-corrected chi connectivity index (χ0v) is 13.0. The van der Waals surface area contributed by atoms with E-state index >= 15 is 0 Å². The molecule has 5 heteroatoms. The predicted octanol–water partition coefficient (Wildman–Crippen LogP) is 3.90. The molecular formula is C18H17N3O2. The van der Waals surface area contributed by atoms with Gasteiger partial charge in [0.25, 0.3) is 0 Å². The molecule has 0 unspecified atom stereocenters. The highest BCUT2D eigenvalue weighted by Gasteiger charge is 2.07. The number of hydrogen-bond donors (Lipinski definition) is 1. The molecule has 0 saturated heterocycles.